The van der Waals surface area contributed by atoms with Gasteiger partial charge in [0.05, 0.1) is 11.8 Å². The van der Waals surface area contributed by atoms with Gasteiger partial charge in [0.15, 0.2) is 6.29 Å². The second-order valence-corrected chi connectivity index (χ2v) is 5.96. The molecule has 7 heteroatoms. The molecule has 0 saturated carbocycles. The minimum atomic E-state index is -0.338. The molecule has 7 nitrogen and oxygen atoms in total. The van der Waals surface area contributed by atoms with Crippen LogP contribution < -0.4 is 5.48 Å². The molecular formula is C16H22N2O5. The number of hydrogen-bond donors (Lipinski definition) is 1. The van der Waals surface area contributed by atoms with Crippen LogP contribution in [0, 0.1) is 5.92 Å². The molecule has 1 aromatic rings. The summed E-state index contributed by atoms with van der Waals surface area (Å²) in [4.78, 5) is 31.4. The van der Waals surface area contributed by atoms with Crippen LogP contribution in [-0.4, -0.2) is 42.7 Å². The topological polar surface area (TPSA) is 81.0 Å². The Bertz CT molecular complexity index is 517. The number of carbonyl (C=O) groups excluding carboxylic acids is 2. The van der Waals surface area contributed by atoms with Gasteiger partial charge in [-0.15, -0.1) is 0 Å². The lowest BCUT2D eigenvalue weighted by molar-refractivity contribution is -0.202. The van der Waals surface area contributed by atoms with Crippen molar-refractivity contribution in [2.75, 3.05) is 19.7 Å². The summed E-state index contributed by atoms with van der Waals surface area (Å²) in [5.41, 5.74) is 3.06. The molecule has 0 bridgehead atoms. The molecule has 1 aromatic heterocycles. The fraction of sp³-hybridized carbons (Fsp3) is 0.625. The van der Waals surface area contributed by atoms with E-state index in [4.69, 9.17) is 14.0 Å². The zero-order valence-electron chi connectivity index (χ0n) is 13.0. The van der Waals surface area contributed by atoms with Crippen molar-refractivity contribution in [3.8, 4) is 0 Å². The number of furan rings is 1. The highest BCUT2D eigenvalue weighted by molar-refractivity contribution is 5.94. The number of hydrogen-bond acceptors (Lipinski definition) is 5. The van der Waals surface area contributed by atoms with E-state index in [9.17, 15) is 9.59 Å². The van der Waals surface area contributed by atoms with E-state index in [0.29, 0.717) is 38.1 Å². The number of hydroxylamine groups is 1. The van der Waals surface area contributed by atoms with E-state index in [1.807, 2.05) is 0 Å². The Kier molecular flexibility index (Phi) is 5.30. The van der Waals surface area contributed by atoms with E-state index in [2.05, 4.69) is 5.48 Å². The zero-order valence-corrected chi connectivity index (χ0v) is 13.0. The highest BCUT2D eigenvalue weighted by Crippen LogP contribution is 2.20. The van der Waals surface area contributed by atoms with Crippen LogP contribution in [0.15, 0.2) is 23.0 Å². The Morgan fingerprint density at radius 1 is 1.22 bits per heavy atom. The lowest BCUT2D eigenvalue weighted by atomic mass is 9.96. The Balaban J connectivity index is 1.41. The number of nitrogens with zero attached hydrogens (tertiary/aromatic N) is 1. The monoisotopic (exact) mass is 322 g/mol. The highest BCUT2D eigenvalue weighted by atomic mass is 16.8. The fourth-order valence-corrected chi connectivity index (χ4v) is 2.92. The maximum Gasteiger partial charge on any atom is 0.257 e. The minimum absolute atomic E-state index is 0.0514. The molecule has 126 valence electrons. The van der Waals surface area contributed by atoms with Crippen molar-refractivity contribution in [2.24, 2.45) is 5.92 Å². The lowest BCUT2D eigenvalue weighted by Gasteiger charge is -2.31. The molecule has 1 atom stereocenters. The van der Waals surface area contributed by atoms with E-state index >= 15 is 0 Å². The van der Waals surface area contributed by atoms with Gasteiger partial charge >= 0.3 is 0 Å². The first-order chi connectivity index (χ1) is 11.2. The number of carbonyl (C=O) groups is 2. The van der Waals surface area contributed by atoms with Crippen LogP contribution in [0.4, 0.5) is 0 Å². The molecule has 0 aliphatic carbocycles. The Morgan fingerprint density at radius 2 is 2.04 bits per heavy atom. The maximum atomic E-state index is 12.2. The summed E-state index contributed by atoms with van der Waals surface area (Å²) in [6, 6.07) is 1.65. The van der Waals surface area contributed by atoms with Crippen molar-refractivity contribution in [1.29, 1.82) is 0 Å². The average molecular weight is 322 g/mol. The lowest BCUT2D eigenvalue weighted by Crippen LogP contribution is -2.44. The molecule has 1 N–H and O–H groups in total. The van der Waals surface area contributed by atoms with Crippen molar-refractivity contribution >= 4 is 11.8 Å². The minimum Gasteiger partial charge on any atom is -0.472 e. The molecule has 2 saturated heterocycles. The smallest absolute Gasteiger partial charge is 0.257 e. The first kappa shape index (κ1) is 16.0. The third kappa shape index (κ3) is 4.11. The first-order valence-electron chi connectivity index (χ1n) is 8.12. The van der Waals surface area contributed by atoms with Crippen LogP contribution in [0.1, 0.15) is 42.5 Å². The summed E-state index contributed by atoms with van der Waals surface area (Å²) in [7, 11) is 0. The Labute approximate surface area is 134 Å². The molecule has 2 aliphatic rings. The normalized spacial score (nSPS) is 22.8. The molecule has 2 aliphatic heterocycles. The van der Waals surface area contributed by atoms with Gasteiger partial charge in [0, 0.05) is 32.0 Å². The second-order valence-electron chi connectivity index (χ2n) is 5.96. The van der Waals surface area contributed by atoms with Gasteiger partial charge in [-0.25, -0.2) is 10.3 Å². The van der Waals surface area contributed by atoms with E-state index in [-0.39, 0.29) is 24.0 Å². The van der Waals surface area contributed by atoms with E-state index in [1.54, 1.807) is 11.0 Å². The summed E-state index contributed by atoms with van der Waals surface area (Å²) < 4.78 is 10.3. The SMILES string of the molecule is O=C(NO[C@H]1CCCCO1)C1CCN(C(=O)c2ccoc2)CC1. The van der Waals surface area contributed by atoms with E-state index < -0.39 is 0 Å². The Morgan fingerprint density at radius 3 is 2.70 bits per heavy atom. The molecular weight excluding hydrogens is 300 g/mol. The first-order valence-corrected chi connectivity index (χ1v) is 8.12. The highest BCUT2D eigenvalue weighted by Gasteiger charge is 2.29. The predicted molar refractivity (Wildman–Crippen MR) is 80.2 cm³/mol. The number of nitrogens with one attached hydrogen (secondary N) is 1. The summed E-state index contributed by atoms with van der Waals surface area (Å²) >= 11 is 0. The Hall–Kier alpha value is -1.86. The third-order valence-corrected chi connectivity index (χ3v) is 4.35. The van der Waals surface area contributed by atoms with Crippen LogP contribution in [0.5, 0.6) is 0 Å². The van der Waals surface area contributed by atoms with Gasteiger partial charge in [0.2, 0.25) is 5.91 Å². The summed E-state index contributed by atoms with van der Waals surface area (Å²) in [6.45, 7) is 1.79. The number of likely N-dealkylation sites (tertiary alicyclic amines) is 1. The van der Waals surface area contributed by atoms with Gasteiger partial charge < -0.3 is 14.1 Å². The molecule has 2 fully saturated rings. The quantitative estimate of drug-likeness (QED) is 0.854. The van der Waals surface area contributed by atoms with Crippen molar-refractivity contribution in [1.82, 2.24) is 10.4 Å². The number of ether oxygens (including phenoxy) is 1. The molecule has 0 aromatic carbocycles. The number of amides is 2. The van der Waals surface area contributed by atoms with E-state index in [0.717, 1.165) is 19.3 Å². The van der Waals surface area contributed by atoms with Crippen LogP contribution >= 0.6 is 0 Å². The molecule has 0 unspecified atom stereocenters. The molecule has 0 spiro atoms. The number of rotatable bonds is 4. The maximum absolute atomic E-state index is 12.2. The van der Waals surface area contributed by atoms with Crippen molar-refractivity contribution < 1.29 is 23.6 Å². The van der Waals surface area contributed by atoms with Crippen molar-refractivity contribution in [3.63, 3.8) is 0 Å². The molecule has 2 amide bonds. The van der Waals surface area contributed by atoms with Gasteiger partial charge in [-0.3, -0.25) is 9.59 Å². The summed E-state index contributed by atoms with van der Waals surface area (Å²) in [6.07, 6.45) is 6.74. The third-order valence-electron chi connectivity index (χ3n) is 4.35. The largest absolute Gasteiger partial charge is 0.472 e. The van der Waals surface area contributed by atoms with Gasteiger partial charge in [-0.05, 0) is 31.7 Å². The summed E-state index contributed by atoms with van der Waals surface area (Å²) in [5.74, 6) is -0.314. The van der Waals surface area contributed by atoms with Crippen LogP contribution in [0.25, 0.3) is 0 Å². The molecule has 3 heterocycles. The molecule has 0 radical (unpaired) electrons. The van der Waals surface area contributed by atoms with Gasteiger partial charge in [0.1, 0.15) is 6.26 Å². The predicted octanol–water partition coefficient (Wildman–Crippen LogP) is 1.71. The fourth-order valence-electron chi connectivity index (χ4n) is 2.92. The van der Waals surface area contributed by atoms with Crippen molar-refractivity contribution in [3.05, 3.63) is 24.2 Å². The van der Waals surface area contributed by atoms with Gasteiger partial charge in [-0.2, -0.15) is 0 Å². The van der Waals surface area contributed by atoms with Crippen molar-refractivity contribution in [2.45, 2.75) is 38.4 Å². The molecule has 3 rings (SSSR count). The van der Waals surface area contributed by atoms with Crippen LogP contribution in [-0.2, 0) is 14.4 Å². The molecule has 23 heavy (non-hydrogen) atoms. The zero-order chi connectivity index (χ0) is 16.1. The van der Waals surface area contributed by atoms with Gasteiger partial charge in [-0.1, -0.05) is 0 Å². The standard InChI is InChI=1S/C16H22N2O5/c19-15(17-23-14-3-1-2-9-22-14)12-4-7-18(8-5-12)16(20)13-6-10-21-11-13/h6,10-12,14H,1-5,7-9H2,(H,17,19)/t14-/m0/s1. The van der Waals surface area contributed by atoms with Crippen LogP contribution in [0.2, 0.25) is 0 Å². The van der Waals surface area contributed by atoms with Crippen LogP contribution in [0.3, 0.4) is 0 Å². The van der Waals surface area contributed by atoms with E-state index in [1.165, 1.54) is 12.5 Å². The second kappa shape index (κ2) is 7.61. The van der Waals surface area contributed by atoms with Gasteiger partial charge in [0.25, 0.3) is 5.91 Å². The summed E-state index contributed by atoms with van der Waals surface area (Å²) in [5, 5.41) is 0. The number of piperidine rings is 1. The average Bonchev–Trinajstić information content (AvgIpc) is 3.15.